The maximum atomic E-state index is 12.6. The molecule has 27 heavy (non-hydrogen) atoms. The van der Waals surface area contributed by atoms with Crippen LogP contribution in [-0.4, -0.2) is 48.7 Å². The average Bonchev–Trinajstić information content (AvgIpc) is 2.61. The summed E-state index contributed by atoms with van der Waals surface area (Å²) in [6.45, 7) is 10.5. The minimum atomic E-state index is -0.513. The number of amides is 2. The first-order valence-corrected chi connectivity index (χ1v) is 9.28. The number of benzene rings is 1. The summed E-state index contributed by atoms with van der Waals surface area (Å²) in [7, 11) is 1.60. The number of hydrogen-bond acceptors (Lipinski definition) is 4. The monoisotopic (exact) mass is 374 g/mol. The van der Waals surface area contributed by atoms with E-state index >= 15 is 0 Å². The summed E-state index contributed by atoms with van der Waals surface area (Å²) < 4.78 is 10.7. The molecule has 1 saturated heterocycles. The fourth-order valence-electron chi connectivity index (χ4n) is 3.06. The second-order valence-electron chi connectivity index (χ2n) is 7.75. The number of nitrogens with zero attached hydrogens (tertiary/aromatic N) is 1. The van der Waals surface area contributed by atoms with Crippen LogP contribution in [-0.2, 0) is 16.0 Å². The maximum absolute atomic E-state index is 12.6. The molecule has 1 aromatic carbocycles. The number of rotatable bonds is 5. The van der Waals surface area contributed by atoms with Crippen molar-refractivity contribution < 1.29 is 19.1 Å². The van der Waals surface area contributed by atoms with Gasteiger partial charge in [0.25, 0.3) is 0 Å². The van der Waals surface area contributed by atoms with Gasteiger partial charge in [-0.2, -0.15) is 0 Å². The van der Waals surface area contributed by atoms with Gasteiger partial charge in [-0.25, -0.2) is 4.79 Å². The lowest BCUT2D eigenvalue weighted by molar-refractivity contribution is -0.131. The average molecular weight is 374 g/mol. The fraction of sp³-hybridized carbons (Fsp3) is 0.524. The summed E-state index contributed by atoms with van der Waals surface area (Å²) in [5.41, 5.74) is 1.31. The van der Waals surface area contributed by atoms with Gasteiger partial charge in [0.2, 0.25) is 5.91 Å². The lowest BCUT2D eigenvalue weighted by atomic mass is 10.0. The van der Waals surface area contributed by atoms with Gasteiger partial charge >= 0.3 is 6.09 Å². The first kappa shape index (κ1) is 20.8. The summed E-state index contributed by atoms with van der Waals surface area (Å²) in [4.78, 5) is 26.4. The third kappa shape index (κ3) is 6.31. The second-order valence-corrected chi connectivity index (χ2v) is 7.75. The summed E-state index contributed by atoms with van der Waals surface area (Å²) in [6, 6.07) is 5.75. The molecule has 0 aromatic heterocycles. The number of ether oxygens (including phenoxy) is 2. The fourth-order valence-corrected chi connectivity index (χ4v) is 3.06. The number of carbonyl (C=O) groups is 2. The van der Waals surface area contributed by atoms with Crippen molar-refractivity contribution in [3.8, 4) is 5.75 Å². The second kappa shape index (κ2) is 8.93. The van der Waals surface area contributed by atoms with E-state index in [1.165, 1.54) is 0 Å². The molecule has 148 valence electrons. The zero-order chi connectivity index (χ0) is 20.0. The van der Waals surface area contributed by atoms with E-state index in [0.717, 1.165) is 24.0 Å². The number of alkyl carbamates (subject to hydrolysis) is 1. The normalized spacial score (nSPS) is 15.2. The zero-order valence-corrected chi connectivity index (χ0v) is 16.7. The van der Waals surface area contributed by atoms with Crippen LogP contribution in [0, 0.1) is 0 Å². The number of hydrogen-bond donors (Lipinski definition) is 1. The van der Waals surface area contributed by atoms with Gasteiger partial charge in [0, 0.05) is 24.7 Å². The highest BCUT2D eigenvalue weighted by Gasteiger charge is 2.26. The Morgan fingerprint density at radius 3 is 2.52 bits per heavy atom. The Morgan fingerprint density at radius 2 is 1.96 bits per heavy atom. The molecule has 1 aliphatic rings. The van der Waals surface area contributed by atoms with Crippen molar-refractivity contribution in [1.29, 1.82) is 0 Å². The Kier molecular flexibility index (Phi) is 6.88. The molecule has 2 rings (SSSR count). The van der Waals surface area contributed by atoms with E-state index in [0.29, 0.717) is 25.3 Å². The molecule has 0 atom stereocenters. The van der Waals surface area contributed by atoms with Gasteiger partial charge in [-0.05, 0) is 45.2 Å². The molecule has 0 unspecified atom stereocenters. The summed E-state index contributed by atoms with van der Waals surface area (Å²) in [6.07, 6.45) is 3.08. The predicted octanol–water partition coefficient (Wildman–Crippen LogP) is 3.40. The Bertz CT molecular complexity index is 686. The van der Waals surface area contributed by atoms with Crippen LogP contribution >= 0.6 is 0 Å². The predicted molar refractivity (Wildman–Crippen MR) is 106 cm³/mol. The SMILES string of the molecule is C=Cc1ccc(CC(=O)N2CCC(NC(=O)OC(C)(C)C)CC2)c(OC)c1. The summed E-state index contributed by atoms with van der Waals surface area (Å²) >= 11 is 0. The molecular weight excluding hydrogens is 344 g/mol. The molecule has 0 aliphatic carbocycles. The number of nitrogens with one attached hydrogen (secondary N) is 1. The van der Waals surface area contributed by atoms with Crippen molar-refractivity contribution in [2.45, 2.75) is 51.7 Å². The van der Waals surface area contributed by atoms with E-state index in [9.17, 15) is 9.59 Å². The van der Waals surface area contributed by atoms with Crippen molar-refractivity contribution in [3.63, 3.8) is 0 Å². The molecule has 1 aromatic rings. The Balaban J connectivity index is 1.86. The Labute approximate surface area is 161 Å². The highest BCUT2D eigenvalue weighted by molar-refractivity contribution is 5.80. The van der Waals surface area contributed by atoms with Crippen LogP contribution in [0.2, 0.25) is 0 Å². The molecule has 1 fully saturated rings. The third-order valence-electron chi connectivity index (χ3n) is 4.46. The van der Waals surface area contributed by atoms with Crippen LogP contribution in [0.3, 0.4) is 0 Å². The van der Waals surface area contributed by atoms with E-state index in [2.05, 4.69) is 11.9 Å². The van der Waals surface area contributed by atoms with E-state index in [-0.39, 0.29) is 11.9 Å². The van der Waals surface area contributed by atoms with E-state index in [1.807, 2.05) is 43.9 Å². The van der Waals surface area contributed by atoms with Crippen LogP contribution in [0.15, 0.2) is 24.8 Å². The first-order valence-electron chi connectivity index (χ1n) is 9.28. The number of carbonyl (C=O) groups excluding carboxylic acids is 2. The summed E-state index contributed by atoms with van der Waals surface area (Å²) in [5.74, 6) is 0.762. The highest BCUT2D eigenvalue weighted by atomic mass is 16.6. The van der Waals surface area contributed by atoms with Crippen molar-refractivity contribution in [3.05, 3.63) is 35.9 Å². The smallest absolute Gasteiger partial charge is 0.407 e. The Morgan fingerprint density at radius 1 is 1.30 bits per heavy atom. The lowest BCUT2D eigenvalue weighted by Gasteiger charge is -2.33. The minimum absolute atomic E-state index is 0.0327. The third-order valence-corrected chi connectivity index (χ3v) is 4.46. The van der Waals surface area contributed by atoms with Crippen LogP contribution in [0.4, 0.5) is 4.79 Å². The molecule has 0 bridgehead atoms. The molecule has 1 aliphatic heterocycles. The number of methoxy groups -OCH3 is 1. The van der Waals surface area contributed by atoms with Gasteiger partial charge in [-0.15, -0.1) is 0 Å². The standard InChI is InChI=1S/C21H30N2O4/c1-6-15-7-8-16(18(13-15)26-5)14-19(24)23-11-9-17(10-12-23)22-20(25)27-21(2,3)4/h6-8,13,17H,1,9-12,14H2,2-5H3,(H,22,25). The van der Waals surface area contributed by atoms with E-state index in [1.54, 1.807) is 13.2 Å². The molecular formula is C21H30N2O4. The highest BCUT2D eigenvalue weighted by Crippen LogP contribution is 2.23. The maximum Gasteiger partial charge on any atom is 0.407 e. The van der Waals surface area contributed by atoms with E-state index in [4.69, 9.17) is 9.47 Å². The zero-order valence-electron chi connectivity index (χ0n) is 16.7. The largest absolute Gasteiger partial charge is 0.496 e. The minimum Gasteiger partial charge on any atom is -0.496 e. The van der Waals surface area contributed by atoms with E-state index < -0.39 is 11.7 Å². The Hall–Kier alpha value is -2.50. The molecule has 6 heteroatoms. The van der Waals surface area contributed by atoms with Gasteiger partial charge in [0.1, 0.15) is 11.4 Å². The van der Waals surface area contributed by atoms with Gasteiger partial charge in [-0.3, -0.25) is 4.79 Å². The van der Waals surface area contributed by atoms with Crippen molar-refractivity contribution >= 4 is 18.1 Å². The van der Waals surface area contributed by atoms with Crippen molar-refractivity contribution in [1.82, 2.24) is 10.2 Å². The number of likely N-dealkylation sites (tertiary alicyclic amines) is 1. The molecule has 1 N–H and O–H groups in total. The van der Waals surface area contributed by atoms with Gasteiger partial charge in [-0.1, -0.05) is 24.8 Å². The first-order chi connectivity index (χ1) is 12.7. The van der Waals surface area contributed by atoms with Crippen LogP contribution in [0.5, 0.6) is 5.75 Å². The molecule has 1 heterocycles. The molecule has 2 amide bonds. The molecule has 0 saturated carbocycles. The van der Waals surface area contributed by atoms with Crippen molar-refractivity contribution in [2.24, 2.45) is 0 Å². The van der Waals surface area contributed by atoms with Crippen LogP contribution in [0.1, 0.15) is 44.7 Å². The summed E-state index contributed by atoms with van der Waals surface area (Å²) in [5, 5.41) is 2.89. The number of piperidine rings is 1. The quantitative estimate of drug-likeness (QED) is 0.858. The lowest BCUT2D eigenvalue weighted by Crippen LogP contribution is -2.48. The van der Waals surface area contributed by atoms with Crippen molar-refractivity contribution in [2.75, 3.05) is 20.2 Å². The molecule has 6 nitrogen and oxygen atoms in total. The van der Waals surface area contributed by atoms with Crippen LogP contribution in [0.25, 0.3) is 6.08 Å². The molecule has 0 radical (unpaired) electrons. The topological polar surface area (TPSA) is 67.9 Å². The van der Waals surface area contributed by atoms with Gasteiger partial charge < -0.3 is 19.7 Å². The molecule has 0 spiro atoms. The van der Waals surface area contributed by atoms with Gasteiger partial charge in [0.15, 0.2) is 0 Å². The van der Waals surface area contributed by atoms with Crippen LogP contribution < -0.4 is 10.1 Å². The van der Waals surface area contributed by atoms with Gasteiger partial charge in [0.05, 0.1) is 13.5 Å².